The molecule has 2 amide bonds. The molecule has 1 saturated heterocycles. The summed E-state index contributed by atoms with van der Waals surface area (Å²) in [6.07, 6.45) is 0.281. The molecule has 1 N–H and O–H groups in total. The summed E-state index contributed by atoms with van der Waals surface area (Å²) in [6.45, 7) is 5.04. The normalized spacial score (nSPS) is 17.2. The summed E-state index contributed by atoms with van der Waals surface area (Å²) in [5.41, 5.74) is 4.12. The van der Waals surface area contributed by atoms with Gasteiger partial charge in [0.15, 0.2) is 0 Å². The van der Waals surface area contributed by atoms with Crippen LogP contribution in [0.2, 0.25) is 0 Å². The summed E-state index contributed by atoms with van der Waals surface area (Å²) in [4.78, 5) is 26.5. The van der Waals surface area contributed by atoms with E-state index in [9.17, 15) is 9.59 Å². The molecule has 24 heavy (non-hydrogen) atoms. The molecule has 124 valence electrons. The zero-order valence-electron chi connectivity index (χ0n) is 14.1. The van der Waals surface area contributed by atoms with Crippen LogP contribution in [0.4, 0.5) is 5.69 Å². The lowest BCUT2D eigenvalue weighted by Gasteiger charge is -2.17. The molecule has 1 atom stereocenters. The Morgan fingerprint density at radius 3 is 2.54 bits per heavy atom. The summed E-state index contributed by atoms with van der Waals surface area (Å²) in [5.74, 6) is -0.327. The Hall–Kier alpha value is -2.62. The van der Waals surface area contributed by atoms with E-state index in [2.05, 4.69) is 5.32 Å². The highest BCUT2D eigenvalue weighted by Gasteiger charge is 2.34. The molecule has 0 saturated carbocycles. The lowest BCUT2D eigenvalue weighted by atomic mass is 10.1. The average molecular weight is 322 g/mol. The van der Waals surface area contributed by atoms with Gasteiger partial charge >= 0.3 is 0 Å². The van der Waals surface area contributed by atoms with Crippen molar-refractivity contribution in [3.63, 3.8) is 0 Å². The second-order valence-corrected chi connectivity index (χ2v) is 6.47. The molecule has 4 heteroatoms. The quantitative estimate of drug-likeness (QED) is 0.939. The van der Waals surface area contributed by atoms with Crippen molar-refractivity contribution in [1.29, 1.82) is 0 Å². The van der Waals surface area contributed by atoms with Crippen LogP contribution in [0.25, 0.3) is 0 Å². The number of hydrogen-bond acceptors (Lipinski definition) is 2. The summed E-state index contributed by atoms with van der Waals surface area (Å²) in [7, 11) is 0. The number of carbonyl (C=O) groups is 2. The first-order valence-electron chi connectivity index (χ1n) is 8.23. The molecule has 2 aromatic carbocycles. The first-order chi connectivity index (χ1) is 11.5. The van der Waals surface area contributed by atoms with Gasteiger partial charge in [-0.3, -0.25) is 9.59 Å². The van der Waals surface area contributed by atoms with E-state index in [4.69, 9.17) is 0 Å². The van der Waals surface area contributed by atoms with Crippen molar-refractivity contribution in [2.24, 2.45) is 5.92 Å². The van der Waals surface area contributed by atoms with Gasteiger partial charge in [-0.1, -0.05) is 48.0 Å². The maximum absolute atomic E-state index is 12.5. The van der Waals surface area contributed by atoms with Crippen LogP contribution in [0.15, 0.2) is 48.5 Å². The molecule has 0 aliphatic carbocycles. The molecular formula is C20H22N2O2. The van der Waals surface area contributed by atoms with Crippen LogP contribution < -0.4 is 5.32 Å². The van der Waals surface area contributed by atoms with Crippen LogP contribution in [-0.2, 0) is 16.1 Å². The summed E-state index contributed by atoms with van der Waals surface area (Å²) in [6, 6.07) is 15.8. The molecule has 0 unspecified atom stereocenters. The number of likely N-dealkylation sites (tertiary alicyclic amines) is 1. The molecular weight excluding hydrogens is 300 g/mol. The van der Waals surface area contributed by atoms with E-state index in [1.54, 1.807) is 4.90 Å². The largest absolute Gasteiger partial charge is 0.338 e. The summed E-state index contributed by atoms with van der Waals surface area (Å²) >= 11 is 0. The first kappa shape index (κ1) is 16.2. The Morgan fingerprint density at radius 1 is 1.12 bits per heavy atom. The Kier molecular flexibility index (Phi) is 4.65. The molecule has 1 heterocycles. The van der Waals surface area contributed by atoms with Gasteiger partial charge in [-0.05, 0) is 31.0 Å². The zero-order valence-corrected chi connectivity index (χ0v) is 14.1. The van der Waals surface area contributed by atoms with Gasteiger partial charge in [0.2, 0.25) is 11.8 Å². The van der Waals surface area contributed by atoms with Gasteiger partial charge in [-0.25, -0.2) is 0 Å². The lowest BCUT2D eigenvalue weighted by Crippen LogP contribution is -2.28. The van der Waals surface area contributed by atoms with Crippen molar-refractivity contribution < 1.29 is 9.59 Å². The van der Waals surface area contributed by atoms with Crippen molar-refractivity contribution in [1.82, 2.24) is 4.90 Å². The number of rotatable bonds is 4. The monoisotopic (exact) mass is 322 g/mol. The SMILES string of the molecule is Cc1ccc(CN2C[C@H](C(=O)Nc3ccccc3C)CC2=O)cc1. The number of para-hydroxylation sites is 1. The molecule has 0 aromatic heterocycles. The van der Waals surface area contributed by atoms with Gasteiger partial charge in [-0.15, -0.1) is 0 Å². The third-order valence-corrected chi connectivity index (χ3v) is 4.48. The minimum atomic E-state index is -0.289. The second kappa shape index (κ2) is 6.87. The predicted molar refractivity (Wildman–Crippen MR) is 94.5 cm³/mol. The Bertz CT molecular complexity index is 752. The Labute approximate surface area is 142 Å². The number of nitrogens with one attached hydrogen (secondary N) is 1. The van der Waals surface area contributed by atoms with Gasteiger partial charge < -0.3 is 10.2 Å². The highest BCUT2D eigenvalue weighted by molar-refractivity contribution is 5.97. The number of carbonyl (C=O) groups excluding carboxylic acids is 2. The number of nitrogens with zero attached hydrogens (tertiary/aromatic N) is 1. The van der Waals surface area contributed by atoms with E-state index in [0.717, 1.165) is 16.8 Å². The van der Waals surface area contributed by atoms with E-state index in [1.807, 2.05) is 62.4 Å². The van der Waals surface area contributed by atoms with Crippen LogP contribution in [-0.4, -0.2) is 23.3 Å². The molecule has 2 aromatic rings. The van der Waals surface area contributed by atoms with Gasteiger partial charge in [0, 0.05) is 25.2 Å². The van der Waals surface area contributed by atoms with Crippen molar-refractivity contribution in [2.75, 3.05) is 11.9 Å². The van der Waals surface area contributed by atoms with Gasteiger partial charge in [-0.2, -0.15) is 0 Å². The molecule has 4 nitrogen and oxygen atoms in total. The standard InChI is InChI=1S/C20H22N2O2/c1-14-7-9-16(10-8-14)12-22-13-17(11-19(22)23)20(24)21-18-6-4-3-5-15(18)2/h3-10,17H,11-13H2,1-2H3,(H,21,24)/t17-/m1/s1. The molecule has 0 spiro atoms. The first-order valence-corrected chi connectivity index (χ1v) is 8.23. The number of amides is 2. The van der Waals surface area contributed by atoms with Gasteiger partial charge in [0.25, 0.3) is 0 Å². The fourth-order valence-corrected chi connectivity index (χ4v) is 2.96. The van der Waals surface area contributed by atoms with Gasteiger partial charge in [0.1, 0.15) is 0 Å². The maximum Gasteiger partial charge on any atom is 0.229 e. The van der Waals surface area contributed by atoms with Crippen molar-refractivity contribution in [3.8, 4) is 0 Å². The number of aryl methyl sites for hydroxylation is 2. The van der Waals surface area contributed by atoms with Crippen LogP contribution in [0.5, 0.6) is 0 Å². The smallest absolute Gasteiger partial charge is 0.229 e. The summed E-state index contributed by atoms with van der Waals surface area (Å²) in [5, 5.41) is 2.95. The third-order valence-electron chi connectivity index (χ3n) is 4.48. The fraction of sp³-hybridized carbons (Fsp3) is 0.300. The topological polar surface area (TPSA) is 49.4 Å². The highest BCUT2D eigenvalue weighted by atomic mass is 16.2. The van der Waals surface area contributed by atoms with Gasteiger partial charge in [0.05, 0.1) is 5.92 Å². The molecule has 1 fully saturated rings. The Balaban J connectivity index is 1.62. The molecule has 1 aliphatic heterocycles. The van der Waals surface area contributed by atoms with Crippen LogP contribution in [0.1, 0.15) is 23.1 Å². The lowest BCUT2D eigenvalue weighted by molar-refractivity contribution is -0.128. The fourth-order valence-electron chi connectivity index (χ4n) is 2.96. The Morgan fingerprint density at radius 2 is 1.83 bits per heavy atom. The van der Waals surface area contributed by atoms with Crippen molar-refractivity contribution in [3.05, 3.63) is 65.2 Å². The van der Waals surface area contributed by atoms with Crippen molar-refractivity contribution in [2.45, 2.75) is 26.8 Å². The van der Waals surface area contributed by atoms with E-state index >= 15 is 0 Å². The second-order valence-electron chi connectivity index (χ2n) is 6.47. The average Bonchev–Trinajstić information content (AvgIpc) is 2.93. The number of hydrogen-bond donors (Lipinski definition) is 1. The minimum absolute atomic E-state index is 0.0421. The van der Waals surface area contributed by atoms with Crippen LogP contribution >= 0.6 is 0 Å². The van der Waals surface area contributed by atoms with E-state index in [-0.39, 0.29) is 24.2 Å². The maximum atomic E-state index is 12.5. The molecule has 3 rings (SSSR count). The predicted octanol–water partition coefficient (Wildman–Crippen LogP) is 3.29. The number of benzene rings is 2. The summed E-state index contributed by atoms with van der Waals surface area (Å²) < 4.78 is 0. The number of anilines is 1. The van der Waals surface area contributed by atoms with E-state index in [1.165, 1.54) is 5.56 Å². The van der Waals surface area contributed by atoms with Crippen LogP contribution in [0.3, 0.4) is 0 Å². The molecule has 1 aliphatic rings. The zero-order chi connectivity index (χ0) is 17.1. The van der Waals surface area contributed by atoms with E-state index in [0.29, 0.717) is 13.1 Å². The van der Waals surface area contributed by atoms with Crippen molar-refractivity contribution >= 4 is 17.5 Å². The highest BCUT2D eigenvalue weighted by Crippen LogP contribution is 2.23. The minimum Gasteiger partial charge on any atom is -0.338 e. The molecule has 0 radical (unpaired) electrons. The van der Waals surface area contributed by atoms with E-state index < -0.39 is 0 Å². The molecule has 0 bridgehead atoms. The van der Waals surface area contributed by atoms with Crippen LogP contribution in [0, 0.1) is 19.8 Å². The third kappa shape index (κ3) is 3.65.